The molecule has 5 heteroatoms. The van der Waals surface area contributed by atoms with Crippen molar-refractivity contribution in [2.45, 2.75) is 39.0 Å². The summed E-state index contributed by atoms with van der Waals surface area (Å²) in [5, 5.41) is 0. The van der Waals surface area contributed by atoms with Crippen LogP contribution in [0.25, 0.3) is 0 Å². The van der Waals surface area contributed by atoms with E-state index in [2.05, 4.69) is 46.1 Å². The lowest BCUT2D eigenvalue weighted by Gasteiger charge is -2.38. The van der Waals surface area contributed by atoms with Gasteiger partial charge in [0.05, 0.1) is 6.04 Å². The first-order valence-corrected chi connectivity index (χ1v) is 10.1. The van der Waals surface area contributed by atoms with E-state index < -0.39 is 0 Å². The molecule has 148 valence electrons. The smallest absolute Gasteiger partial charge is 0.240 e. The van der Waals surface area contributed by atoms with Gasteiger partial charge in [0.2, 0.25) is 5.91 Å². The molecule has 5 nitrogen and oxygen atoms in total. The maximum Gasteiger partial charge on any atom is 0.240 e. The van der Waals surface area contributed by atoms with Gasteiger partial charge >= 0.3 is 0 Å². The standard InChI is InChI=1S/C24H26N4O/c1-2-27-18-22-10-4-3-9-21(22)13-23(27)24(29)28(16-19-7-5-11-25-14-19)17-20-8-6-12-26-15-20/h3-12,14-15,23H,2,13,16-18H2,1H3. The monoisotopic (exact) mass is 386 g/mol. The molecule has 2 aromatic heterocycles. The molecule has 0 N–H and O–H groups in total. The lowest BCUT2D eigenvalue weighted by Crippen LogP contribution is -2.51. The van der Waals surface area contributed by atoms with Gasteiger partial charge in [0.1, 0.15) is 0 Å². The summed E-state index contributed by atoms with van der Waals surface area (Å²) in [5.41, 5.74) is 4.66. The van der Waals surface area contributed by atoms with Gasteiger partial charge in [-0.2, -0.15) is 0 Å². The molecule has 1 unspecified atom stereocenters. The molecule has 0 radical (unpaired) electrons. The normalized spacial score (nSPS) is 16.2. The first kappa shape index (κ1) is 19.3. The molecule has 1 amide bonds. The van der Waals surface area contributed by atoms with Crippen LogP contribution in [0.4, 0.5) is 0 Å². The van der Waals surface area contributed by atoms with Crippen molar-refractivity contribution < 1.29 is 4.79 Å². The summed E-state index contributed by atoms with van der Waals surface area (Å²) in [7, 11) is 0. The van der Waals surface area contributed by atoms with Crippen LogP contribution in [0.5, 0.6) is 0 Å². The van der Waals surface area contributed by atoms with E-state index >= 15 is 0 Å². The number of pyridine rings is 2. The van der Waals surface area contributed by atoms with E-state index in [0.29, 0.717) is 13.1 Å². The fourth-order valence-corrected chi connectivity index (χ4v) is 4.00. The predicted molar refractivity (Wildman–Crippen MR) is 113 cm³/mol. The largest absolute Gasteiger partial charge is 0.333 e. The molecular formula is C24H26N4O. The Bertz CT molecular complexity index is 904. The van der Waals surface area contributed by atoms with Crippen molar-refractivity contribution in [1.82, 2.24) is 19.8 Å². The topological polar surface area (TPSA) is 49.3 Å². The maximum atomic E-state index is 13.7. The van der Waals surface area contributed by atoms with E-state index in [4.69, 9.17) is 0 Å². The molecule has 1 aliphatic heterocycles. The molecule has 4 rings (SSSR count). The average Bonchev–Trinajstić information content (AvgIpc) is 2.78. The SMILES string of the molecule is CCN1Cc2ccccc2CC1C(=O)N(Cc1cccnc1)Cc1cccnc1. The highest BCUT2D eigenvalue weighted by molar-refractivity contribution is 5.82. The van der Waals surface area contributed by atoms with E-state index in [9.17, 15) is 4.79 Å². The van der Waals surface area contributed by atoms with Crippen LogP contribution in [-0.4, -0.2) is 38.3 Å². The third kappa shape index (κ3) is 4.51. The van der Waals surface area contributed by atoms with Gasteiger partial charge in [-0.1, -0.05) is 43.3 Å². The van der Waals surface area contributed by atoms with Crippen LogP contribution in [0.15, 0.2) is 73.3 Å². The van der Waals surface area contributed by atoms with Crippen LogP contribution in [0, 0.1) is 0 Å². The molecule has 0 aliphatic carbocycles. The summed E-state index contributed by atoms with van der Waals surface area (Å²) in [6.07, 6.45) is 7.93. The third-order valence-corrected chi connectivity index (χ3v) is 5.54. The molecule has 3 heterocycles. The lowest BCUT2D eigenvalue weighted by molar-refractivity contribution is -0.139. The first-order chi connectivity index (χ1) is 14.2. The number of aromatic nitrogens is 2. The van der Waals surface area contributed by atoms with Crippen molar-refractivity contribution in [3.05, 3.63) is 95.6 Å². The van der Waals surface area contributed by atoms with E-state index in [1.54, 1.807) is 12.4 Å². The molecule has 0 spiro atoms. The fourth-order valence-electron chi connectivity index (χ4n) is 4.00. The summed E-state index contributed by atoms with van der Waals surface area (Å²) in [6, 6.07) is 16.2. The minimum atomic E-state index is -0.150. The minimum Gasteiger partial charge on any atom is -0.333 e. The average molecular weight is 386 g/mol. The summed E-state index contributed by atoms with van der Waals surface area (Å²) in [6.45, 7) is 4.87. The van der Waals surface area contributed by atoms with Crippen molar-refractivity contribution >= 4 is 5.91 Å². The van der Waals surface area contributed by atoms with Gasteiger partial charge in [-0.15, -0.1) is 0 Å². The zero-order valence-electron chi connectivity index (χ0n) is 16.7. The molecule has 1 atom stereocenters. The number of carbonyl (C=O) groups excluding carboxylic acids is 1. The number of benzene rings is 1. The van der Waals surface area contributed by atoms with Crippen LogP contribution in [0.3, 0.4) is 0 Å². The fraction of sp³-hybridized carbons (Fsp3) is 0.292. The Balaban J connectivity index is 1.61. The van der Waals surface area contributed by atoms with Crippen LogP contribution in [-0.2, 0) is 30.8 Å². The number of carbonyl (C=O) groups is 1. The molecule has 0 bridgehead atoms. The Morgan fingerprint density at radius 2 is 1.59 bits per heavy atom. The van der Waals surface area contributed by atoms with Gasteiger partial charge in [0.25, 0.3) is 0 Å². The summed E-state index contributed by atoms with van der Waals surface area (Å²) >= 11 is 0. The van der Waals surface area contributed by atoms with Crippen molar-refractivity contribution in [3.63, 3.8) is 0 Å². The molecule has 29 heavy (non-hydrogen) atoms. The zero-order chi connectivity index (χ0) is 20.1. The molecule has 1 aromatic carbocycles. The molecule has 0 saturated heterocycles. The molecule has 0 fully saturated rings. The Morgan fingerprint density at radius 1 is 0.966 bits per heavy atom. The Labute approximate surface area is 172 Å². The summed E-state index contributed by atoms with van der Waals surface area (Å²) in [5.74, 6) is 0.161. The zero-order valence-corrected chi connectivity index (χ0v) is 16.7. The quantitative estimate of drug-likeness (QED) is 0.651. The van der Waals surface area contributed by atoms with Crippen molar-refractivity contribution in [2.75, 3.05) is 6.54 Å². The number of amides is 1. The van der Waals surface area contributed by atoms with Gasteiger partial charge in [-0.3, -0.25) is 19.7 Å². The van der Waals surface area contributed by atoms with Gasteiger partial charge in [0.15, 0.2) is 0 Å². The van der Waals surface area contributed by atoms with Crippen LogP contribution in [0.1, 0.15) is 29.2 Å². The van der Waals surface area contributed by atoms with E-state index in [-0.39, 0.29) is 11.9 Å². The number of hydrogen-bond donors (Lipinski definition) is 0. The third-order valence-electron chi connectivity index (χ3n) is 5.54. The minimum absolute atomic E-state index is 0.150. The Kier molecular flexibility index (Phi) is 5.96. The van der Waals surface area contributed by atoms with Crippen LogP contribution < -0.4 is 0 Å². The number of hydrogen-bond acceptors (Lipinski definition) is 4. The van der Waals surface area contributed by atoms with Crippen molar-refractivity contribution in [1.29, 1.82) is 0 Å². The predicted octanol–water partition coefficient (Wildman–Crippen LogP) is 3.45. The molecule has 0 saturated carbocycles. The van der Waals surface area contributed by atoms with E-state index in [0.717, 1.165) is 30.6 Å². The van der Waals surface area contributed by atoms with E-state index in [1.807, 2.05) is 41.6 Å². The number of likely N-dealkylation sites (N-methyl/N-ethyl adjacent to an activating group) is 1. The summed E-state index contributed by atoms with van der Waals surface area (Å²) < 4.78 is 0. The number of fused-ring (bicyclic) bond motifs is 1. The second-order valence-electron chi connectivity index (χ2n) is 7.47. The molecule has 3 aromatic rings. The van der Waals surface area contributed by atoms with Crippen LogP contribution >= 0.6 is 0 Å². The second kappa shape index (κ2) is 8.97. The highest BCUT2D eigenvalue weighted by atomic mass is 16.2. The highest BCUT2D eigenvalue weighted by Gasteiger charge is 2.33. The number of nitrogens with zero attached hydrogens (tertiary/aromatic N) is 4. The molecular weight excluding hydrogens is 360 g/mol. The van der Waals surface area contributed by atoms with Gasteiger partial charge in [0, 0.05) is 44.4 Å². The Morgan fingerprint density at radius 3 is 2.14 bits per heavy atom. The maximum absolute atomic E-state index is 13.7. The molecule has 1 aliphatic rings. The lowest BCUT2D eigenvalue weighted by atomic mass is 9.93. The second-order valence-corrected chi connectivity index (χ2v) is 7.47. The van der Waals surface area contributed by atoms with Crippen molar-refractivity contribution in [3.8, 4) is 0 Å². The highest BCUT2D eigenvalue weighted by Crippen LogP contribution is 2.25. The van der Waals surface area contributed by atoms with Gasteiger partial charge in [-0.05, 0) is 47.4 Å². The van der Waals surface area contributed by atoms with Gasteiger partial charge in [-0.25, -0.2) is 0 Å². The van der Waals surface area contributed by atoms with E-state index in [1.165, 1.54) is 11.1 Å². The Hall–Kier alpha value is -3.05. The van der Waals surface area contributed by atoms with Crippen LogP contribution in [0.2, 0.25) is 0 Å². The van der Waals surface area contributed by atoms with Gasteiger partial charge < -0.3 is 4.90 Å². The summed E-state index contributed by atoms with van der Waals surface area (Å²) in [4.78, 5) is 26.4. The number of rotatable bonds is 6. The first-order valence-electron chi connectivity index (χ1n) is 10.1. The van der Waals surface area contributed by atoms with Crippen molar-refractivity contribution in [2.24, 2.45) is 0 Å².